The maximum Gasteiger partial charge on any atom is 0.256 e. The van der Waals surface area contributed by atoms with Crippen molar-refractivity contribution >= 4 is 27.9 Å². The summed E-state index contributed by atoms with van der Waals surface area (Å²) in [6.45, 7) is 5.90. The Morgan fingerprint density at radius 3 is 2.32 bits per heavy atom. The van der Waals surface area contributed by atoms with Gasteiger partial charge in [-0.3, -0.25) is 4.79 Å². The van der Waals surface area contributed by atoms with Crippen LogP contribution in [-0.2, 0) is 0 Å². The minimum Gasteiger partial charge on any atom is -0.321 e. The van der Waals surface area contributed by atoms with E-state index in [4.69, 9.17) is 0 Å². The van der Waals surface area contributed by atoms with Crippen LogP contribution in [0.25, 0.3) is 16.3 Å². The number of amides is 1. The van der Waals surface area contributed by atoms with E-state index in [9.17, 15) is 4.79 Å². The van der Waals surface area contributed by atoms with Crippen molar-refractivity contribution < 1.29 is 4.79 Å². The van der Waals surface area contributed by atoms with Crippen LogP contribution in [0.4, 0.5) is 5.69 Å². The van der Waals surface area contributed by atoms with Crippen molar-refractivity contribution in [3.05, 3.63) is 84.4 Å². The molecule has 2 nitrogen and oxygen atoms in total. The van der Waals surface area contributed by atoms with E-state index in [2.05, 4.69) is 11.9 Å². The zero-order valence-electron chi connectivity index (χ0n) is 12.5. The van der Waals surface area contributed by atoms with Crippen LogP contribution in [0.3, 0.4) is 0 Å². The molecule has 2 heteroatoms. The molecule has 3 rings (SSSR count). The average Bonchev–Trinajstić information content (AvgIpc) is 2.54. The molecule has 0 unspecified atom stereocenters. The van der Waals surface area contributed by atoms with E-state index in [1.165, 1.54) is 0 Å². The maximum atomic E-state index is 12.7. The van der Waals surface area contributed by atoms with E-state index in [1.54, 1.807) is 0 Å². The van der Waals surface area contributed by atoms with Gasteiger partial charge in [0, 0.05) is 16.8 Å². The van der Waals surface area contributed by atoms with Gasteiger partial charge >= 0.3 is 0 Å². The molecular weight excluding hydrogens is 270 g/mol. The highest BCUT2D eigenvalue weighted by atomic mass is 16.1. The van der Waals surface area contributed by atoms with Crippen LogP contribution in [0, 0.1) is 0 Å². The first-order chi connectivity index (χ1) is 10.7. The second-order valence-electron chi connectivity index (χ2n) is 5.31. The van der Waals surface area contributed by atoms with Gasteiger partial charge in [0.25, 0.3) is 5.91 Å². The topological polar surface area (TPSA) is 29.1 Å². The number of anilines is 1. The summed E-state index contributed by atoms with van der Waals surface area (Å²) in [5, 5.41) is 5.01. The SMILES string of the molecule is C=C(C)c1ccccc1NC(=O)c1cccc2ccccc12. The lowest BCUT2D eigenvalue weighted by Crippen LogP contribution is -2.13. The predicted molar refractivity (Wildman–Crippen MR) is 93.1 cm³/mol. The number of fused-ring (bicyclic) bond motifs is 1. The zero-order valence-corrected chi connectivity index (χ0v) is 12.5. The van der Waals surface area contributed by atoms with E-state index in [0.29, 0.717) is 5.56 Å². The molecule has 0 aliphatic carbocycles. The van der Waals surface area contributed by atoms with Crippen LogP contribution < -0.4 is 5.32 Å². The molecule has 3 aromatic carbocycles. The van der Waals surface area contributed by atoms with Crippen molar-refractivity contribution in [2.24, 2.45) is 0 Å². The fraction of sp³-hybridized carbons (Fsp3) is 0.0500. The van der Waals surface area contributed by atoms with E-state index < -0.39 is 0 Å². The maximum absolute atomic E-state index is 12.7. The van der Waals surface area contributed by atoms with E-state index in [-0.39, 0.29) is 5.91 Å². The molecule has 0 saturated heterocycles. The normalized spacial score (nSPS) is 10.4. The summed E-state index contributed by atoms with van der Waals surface area (Å²) in [6, 6.07) is 21.4. The van der Waals surface area contributed by atoms with Gasteiger partial charge in [-0.05, 0) is 35.4 Å². The minimum absolute atomic E-state index is 0.106. The number of hydrogen-bond donors (Lipinski definition) is 1. The monoisotopic (exact) mass is 287 g/mol. The highest BCUT2D eigenvalue weighted by Crippen LogP contribution is 2.24. The molecule has 3 aromatic rings. The molecule has 0 aliphatic heterocycles. The molecule has 22 heavy (non-hydrogen) atoms. The lowest BCUT2D eigenvalue weighted by atomic mass is 10.0. The van der Waals surface area contributed by atoms with Crippen LogP contribution in [0.1, 0.15) is 22.8 Å². The number of carbonyl (C=O) groups is 1. The molecule has 0 fully saturated rings. The Bertz CT molecular complexity index is 859. The first kappa shape index (κ1) is 14.1. The lowest BCUT2D eigenvalue weighted by molar-refractivity contribution is 0.102. The van der Waals surface area contributed by atoms with Gasteiger partial charge in [0.15, 0.2) is 0 Å². The second kappa shape index (κ2) is 5.86. The first-order valence-corrected chi connectivity index (χ1v) is 7.21. The van der Waals surface area contributed by atoms with Gasteiger partial charge in [0.1, 0.15) is 0 Å². The summed E-state index contributed by atoms with van der Waals surface area (Å²) in [7, 11) is 0. The van der Waals surface area contributed by atoms with Gasteiger partial charge in [0.05, 0.1) is 0 Å². The molecule has 0 radical (unpaired) electrons. The number of allylic oxidation sites excluding steroid dienone is 1. The molecule has 0 aliphatic rings. The summed E-state index contributed by atoms with van der Waals surface area (Å²) in [6.07, 6.45) is 0. The molecule has 1 N–H and O–H groups in total. The van der Waals surface area contributed by atoms with Crippen molar-refractivity contribution in [2.75, 3.05) is 5.32 Å². The van der Waals surface area contributed by atoms with Crippen LogP contribution in [0.15, 0.2) is 73.3 Å². The molecular formula is C20H17NO. The van der Waals surface area contributed by atoms with Crippen LogP contribution >= 0.6 is 0 Å². The molecule has 0 spiro atoms. The predicted octanol–water partition coefficient (Wildman–Crippen LogP) is 5.13. The third-order valence-corrected chi connectivity index (χ3v) is 3.67. The Morgan fingerprint density at radius 2 is 1.50 bits per heavy atom. The number of benzene rings is 3. The Balaban J connectivity index is 2.00. The van der Waals surface area contributed by atoms with Crippen molar-refractivity contribution in [1.82, 2.24) is 0 Å². The summed E-state index contributed by atoms with van der Waals surface area (Å²) in [5.74, 6) is -0.106. The van der Waals surface area contributed by atoms with Gasteiger partial charge in [-0.2, -0.15) is 0 Å². The Morgan fingerprint density at radius 1 is 0.864 bits per heavy atom. The van der Waals surface area contributed by atoms with Crippen molar-refractivity contribution in [1.29, 1.82) is 0 Å². The molecule has 0 saturated carbocycles. The second-order valence-corrected chi connectivity index (χ2v) is 5.31. The largest absolute Gasteiger partial charge is 0.321 e. The number of rotatable bonds is 3. The molecule has 1 amide bonds. The highest BCUT2D eigenvalue weighted by molar-refractivity contribution is 6.13. The summed E-state index contributed by atoms with van der Waals surface area (Å²) >= 11 is 0. The fourth-order valence-electron chi connectivity index (χ4n) is 2.58. The quantitative estimate of drug-likeness (QED) is 0.711. The Kier molecular flexibility index (Phi) is 3.75. The first-order valence-electron chi connectivity index (χ1n) is 7.21. The lowest BCUT2D eigenvalue weighted by Gasteiger charge is -2.12. The molecule has 0 aromatic heterocycles. The highest BCUT2D eigenvalue weighted by Gasteiger charge is 2.11. The average molecular weight is 287 g/mol. The summed E-state index contributed by atoms with van der Waals surface area (Å²) in [5.41, 5.74) is 3.34. The smallest absolute Gasteiger partial charge is 0.256 e. The third kappa shape index (κ3) is 2.63. The van der Waals surface area contributed by atoms with Gasteiger partial charge in [-0.1, -0.05) is 61.2 Å². The Labute approximate surface area is 130 Å². The van der Waals surface area contributed by atoms with Crippen LogP contribution in [0.2, 0.25) is 0 Å². The molecule has 0 heterocycles. The molecule has 108 valence electrons. The van der Waals surface area contributed by atoms with E-state index in [0.717, 1.165) is 27.6 Å². The van der Waals surface area contributed by atoms with Crippen molar-refractivity contribution in [3.63, 3.8) is 0 Å². The third-order valence-electron chi connectivity index (χ3n) is 3.67. The van der Waals surface area contributed by atoms with Gasteiger partial charge in [0.2, 0.25) is 0 Å². The molecule has 0 atom stereocenters. The van der Waals surface area contributed by atoms with Crippen LogP contribution in [-0.4, -0.2) is 5.91 Å². The molecule has 0 bridgehead atoms. The van der Waals surface area contributed by atoms with Gasteiger partial charge in [-0.25, -0.2) is 0 Å². The number of hydrogen-bond acceptors (Lipinski definition) is 1. The van der Waals surface area contributed by atoms with Gasteiger partial charge in [-0.15, -0.1) is 0 Å². The number of nitrogens with one attached hydrogen (secondary N) is 1. The Hall–Kier alpha value is -2.87. The van der Waals surface area contributed by atoms with Crippen molar-refractivity contribution in [2.45, 2.75) is 6.92 Å². The van der Waals surface area contributed by atoms with E-state index in [1.807, 2.05) is 73.7 Å². The van der Waals surface area contributed by atoms with Crippen molar-refractivity contribution in [3.8, 4) is 0 Å². The van der Waals surface area contributed by atoms with E-state index >= 15 is 0 Å². The fourth-order valence-corrected chi connectivity index (χ4v) is 2.58. The summed E-state index contributed by atoms with van der Waals surface area (Å²) < 4.78 is 0. The standard InChI is InChI=1S/C20H17NO/c1-14(2)16-10-5-6-13-19(16)21-20(22)18-12-7-9-15-8-3-4-11-17(15)18/h3-13H,1H2,2H3,(H,21,22). The number of para-hydroxylation sites is 1. The minimum atomic E-state index is -0.106. The van der Waals surface area contributed by atoms with Gasteiger partial charge < -0.3 is 5.32 Å². The van der Waals surface area contributed by atoms with Crippen LogP contribution in [0.5, 0.6) is 0 Å². The zero-order chi connectivity index (χ0) is 15.5. The number of carbonyl (C=O) groups excluding carboxylic acids is 1. The summed E-state index contributed by atoms with van der Waals surface area (Å²) in [4.78, 5) is 12.7.